The predicted molar refractivity (Wildman–Crippen MR) is 118 cm³/mol. The zero-order valence-electron chi connectivity index (χ0n) is 19.9. The zero-order valence-corrected chi connectivity index (χ0v) is 19.9. The number of rotatable bonds is 8. The summed E-state index contributed by atoms with van der Waals surface area (Å²) < 4.78 is 77.5. The van der Waals surface area contributed by atoms with Gasteiger partial charge in [0.1, 0.15) is 5.56 Å². The van der Waals surface area contributed by atoms with Gasteiger partial charge in [-0.25, -0.2) is 20.1 Å². The quantitative estimate of drug-likeness (QED) is 0.390. The molecular formula is C21H25F6N7O3. The molecule has 1 atom stereocenters. The maximum Gasteiger partial charge on any atom is 0.423 e. The molecule has 2 aromatic heterocycles. The first-order valence-corrected chi connectivity index (χ1v) is 11.2. The summed E-state index contributed by atoms with van der Waals surface area (Å²) in [6.07, 6.45) is -5.78. The summed E-state index contributed by atoms with van der Waals surface area (Å²) in [5.41, 5.74) is -4.23. The first-order chi connectivity index (χ1) is 17.3. The van der Waals surface area contributed by atoms with Crippen molar-refractivity contribution in [2.45, 2.75) is 44.6 Å². The molecule has 16 heteroatoms. The second kappa shape index (κ2) is 11.3. The number of halogens is 6. The van der Waals surface area contributed by atoms with Crippen LogP contribution in [-0.4, -0.2) is 63.9 Å². The number of alkyl halides is 6. The van der Waals surface area contributed by atoms with Crippen LogP contribution >= 0.6 is 0 Å². The Hall–Kier alpha value is -3.43. The Bertz CT molecular complexity index is 1120. The molecule has 3 rings (SSSR count). The van der Waals surface area contributed by atoms with Gasteiger partial charge in [-0.05, 0) is 25.7 Å². The van der Waals surface area contributed by atoms with Gasteiger partial charge in [0, 0.05) is 45.0 Å². The zero-order chi connectivity index (χ0) is 27.4. The van der Waals surface area contributed by atoms with E-state index < -0.39 is 40.8 Å². The molecule has 1 aliphatic heterocycles. The minimum atomic E-state index is -4.89. The van der Waals surface area contributed by atoms with Gasteiger partial charge in [-0.1, -0.05) is 0 Å². The fourth-order valence-corrected chi connectivity index (χ4v) is 3.74. The topological polar surface area (TPSA) is 116 Å². The van der Waals surface area contributed by atoms with Gasteiger partial charge >= 0.3 is 12.4 Å². The van der Waals surface area contributed by atoms with E-state index in [0.717, 1.165) is 23.7 Å². The fourth-order valence-electron chi connectivity index (χ4n) is 3.74. The molecule has 37 heavy (non-hydrogen) atoms. The van der Waals surface area contributed by atoms with Crippen LogP contribution in [0.2, 0.25) is 0 Å². The molecule has 204 valence electrons. The molecular weight excluding hydrogens is 512 g/mol. The number of aromatic nitrogens is 4. The van der Waals surface area contributed by atoms with E-state index in [4.69, 9.17) is 4.84 Å². The maximum atomic E-state index is 13.2. The molecule has 0 unspecified atom stereocenters. The third kappa shape index (κ3) is 7.53. The van der Waals surface area contributed by atoms with Crippen LogP contribution in [0.1, 0.15) is 37.3 Å². The van der Waals surface area contributed by atoms with Gasteiger partial charge in [-0.15, -0.1) is 0 Å². The molecule has 0 bridgehead atoms. The highest BCUT2D eigenvalue weighted by Gasteiger charge is 2.37. The van der Waals surface area contributed by atoms with Crippen molar-refractivity contribution in [3.63, 3.8) is 0 Å². The lowest BCUT2D eigenvalue weighted by Crippen LogP contribution is -2.38. The number of hydroxylamine groups is 2. The van der Waals surface area contributed by atoms with E-state index in [1.165, 1.54) is 14.0 Å². The monoisotopic (exact) mass is 537 g/mol. The van der Waals surface area contributed by atoms with Crippen molar-refractivity contribution in [2.75, 3.05) is 37.0 Å². The lowest BCUT2D eigenvalue weighted by Gasteiger charge is -2.32. The summed E-state index contributed by atoms with van der Waals surface area (Å²) >= 11 is 0. The summed E-state index contributed by atoms with van der Waals surface area (Å²) in [5, 5.41) is 8.64. The van der Waals surface area contributed by atoms with Crippen LogP contribution in [0.4, 0.5) is 38.0 Å². The lowest BCUT2D eigenvalue weighted by atomic mass is 9.93. The van der Waals surface area contributed by atoms with Gasteiger partial charge < -0.3 is 10.2 Å². The average molecular weight is 537 g/mol. The van der Waals surface area contributed by atoms with E-state index >= 15 is 0 Å². The molecule has 0 radical (unpaired) electrons. The Morgan fingerprint density at radius 2 is 1.78 bits per heavy atom. The van der Waals surface area contributed by atoms with E-state index in [9.17, 15) is 35.9 Å². The van der Waals surface area contributed by atoms with Gasteiger partial charge in [-0.3, -0.25) is 14.4 Å². The van der Waals surface area contributed by atoms with Crippen LogP contribution in [0, 0.1) is 5.92 Å². The summed E-state index contributed by atoms with van der Waals surface area (Å²) in [4.78, 5) is 38.8. The number of nitrogens with zero attached hydrogens (tertiary/aromatic N) is 5. The normalized spacial score (nSPS) is 15.9. The number of anilines is 2. The summed E-state index contributed by atoms with van der Waals surface area (Å²) in [6, 6.07) is -0.702. The Labute approximate surface area is 207 Å². The van der Waals surface area contributed by atoms with E-state index in [-0.39, 0.29) is 30.8 Å². The largest absolute Gasteiger partial charge is 0.423 e. The molecule has 1 fully saturated rings. The molecule has 1 saturated heterocycles. The Morgan fingerprint density at radius 1 is 1.16 bits per heavy atom. The molecule has 3 heterocycles. The number of aromatic amines is 1. The molecule has 0 aliphatic carbocycles. The minimum Gasteiger partial charge on any atom is -0.378 e. The standard InChI is InChI=1S/C21H25F6N7O3/c1-12(31-15-10-30-32-18(36)17(15)21(25,26)27)11-37-33(2)16(35)7-13-3-5-34(6-4-13)19-28-8-14(9-29-19)20(22,23)24/h8-10,12-13H,3-7,11H2,1-2H3,(H2,31,32,36)/t12-/m0/s1. The van der Waals surface area contributed by atoms with Crippen molar-refractivity contribution in [1.82, 2.24) is 25.2 Å². The van der Waals surface area contributed by atoms with E-state index in [1.807, 2.05) is 0 Å². The highest BCUT2D eigenvalue weighted by molar-refractivity contribution is 5.75. The van der Waals surface area contributed by atoms with Crippen LogP contribution in [-0.2, 0) is 22.0 Å². The second-order valence-electron chi connectivity index (χ2n) is 8.62. The molecule has 0 aromatic carbocycles. The Balaban J connectivity index is 1.44. The van der Waals surface area contributed by atoms with Crippen LogP contribution in [0.3, 0.4) is 0 Å². The minimum absolute atomic E-state index is 0.00346. The van der Waals surface area contributed by atoms with Crippen molar-refractivity contribution in [1.29, 1.82) is 0 Å². The molecule has 0 saturated carbocycles. The maximum absolute atomic E-state index is 13.2. The highest BCUT2D eigenvalue weighted by atomic mass is 19.4. The molecule has 1 aliphatic rings. The number of carbonyl (C=O) groups is 1. The SMILES string of the molecule is C[C@@H](CON(C)C(=O)CC1CCN(c2ncc(C(F)(F)F)cn2)CC1)Nc1cn[nH]c(=O)c1C(F)(F)F. The van der Waals surface area contributed by atoms with Gasteiger partial charge in [0.2, 0.25) is 11.9 Å². The fraction of sp³-hybridized carbons (Fsp3) is 0.571. The van der Waals surface area contributed by atoms with Crippen molar-refractivity contribution in [2.24, 2.45) is 5.92 Å². The second-order valence-corrected chi connectivity index (χ2v) is 8.62. The Kier molecular flexibility index (Phi) is 8.60. The number of carbonyl (C=O) groups excluding carboxylic acids is 1. The Morgan fingerprint density at radius 3 is 2.35 bits per heavy atom. The molecule has 1 amide bonds. The molecule has 2 N–H and O–H groups in total. The van der Waals surface area contributed by atoms with E-state index in [0.29, 0.717) is 25.9 Å². The number of hydrogen-bond donors (Lipinski definition) is 2. The summed E-state index contributed by atoms with van der Waals surface area (Å²) in [7, 11) is 1.39. The van der Waals surface area contributed by atoms with Crippen LogP contribution in [0.5, 0.6) is 0 Å². The summed E-state index contributed by atoms with van der Waals surface area (Å²) in [5.74, 6) is -0.162. The number of amides is 1. The summed E-state index contributed by atoms with van der Waals surface area (Å²) in [6.45, 7) is 2.26. The highest BCUT2D eigenvalue weighted by Crippen LogP contribution is 2.32. The van der Waals surface area contributed by atoms with Gasteiger partial charge in [-0.2, -0.15) is 31.4 Å². The molecule has 2 aromatic rings. The first kappa shape index (κ1) is 28.1. The third-order valence-electron chi connectivity index (χ3n) is 5.74. The van der Waals surface area contributed by atoms with Gasteiger partial charge in [0.05, 0.1) is 24.1 Å². The number of nitrogens with one attached hydrogen (secondary N) is 2. The van der Waals surface area contributed by atoms with E-state index in [2.05, 4.69) is 20.4 Å². The van der Waals surface area contributed by atoms with Crippen LogP contribution in [0.15, 0.2) is 23.4 Å². The van der Waals surface area contributed by atoms with Crippen molar-refractivity contribution in [3.8, 4) is 0 Å². The predicted octanol–water partition coefficient (Wildman–Crippen LogP) is 3.09. The lowest BCUT2D eigenvalue weighted by molar-refractivity contribution is -0.180. The van der Waals surface area contributed by atoms with Gasteiger partial charge in [0.25, 0.3) is 5.56 Å². The average Bonchev–Trinajstić information content (AvgIpc) is 2.81. The third-order valence-corrected chi connectivity index (χ3v) is 5.74. The number of hydrogen-bond acceptors (Lipinski definition) is 8. The van der Waals surface area contributed by atoms with Crippen LogP contribution in [0.25, 0.3) is 0 Å². The van der Waals surface area contributed by atoms with Crippen molar-refractivity contribution in [3.05, 3.63) is 40.1 Å². The molecule has 10 nitrogen and oxygen atoms in total. The van der Waals surface area contributed by atoms with Crippen molar-refractivity contribution >= 4 is 17.5 Å². The van der Waals surface area contributed by atoms with Crippen LogP contribution < -0.4 is 15.8 Å². The molecule has 0 spiro atoms. The smallest absolute Gasteiger partial charge is 0.378 e. The van der Waals surface area contributed by atoms with Gasteiger partial charge in [0.15, 0.2) is 0 Å². The number of piperidine rings is 1. The number of H-pyrrole nitrogens is 1. The van der Waals surface area contributed by atoms with Crippen molar-refractivity contribution < 1.29 is 36.0 Å². The van der Waals surface area contributed by atoms with E-state index in [1.54, 1.807) is 10.00 Å². The first-order valence-electron chi connectivity index (χ1n) is 11.2.